The molecular formula is C21H21FN4O2. The Morgan fingerprint density at radius 1 is 1.11 bits per heavy atom. The molecule has 0 atom stereocenters. The molecule has 1 amide bonds. The van der Waals surface area contributed by atoms with Gasteiger partial charge in [-0.25, -0.2) is 4.39 Å². The third kappa shape index (κ3) is 4.80. The second-order valence-electron chi connectivity index (χ2n) is 6.34. The monoisotopic (exact) mass is 380 g/mol. The molecule has 1 aliphatic rings. The number of hydrogen-bond acceptors (Lipinski definition) is 5. The van der Waals surface area contributed by atoms with E-state index in [1.165, 1.54) is 12.1 Å². The number of nitriles is 1. The van der Waals surface area contributed by atoms with Gasteiger partial charge in [-0.05, 0) is 48.5 Å². The molecule has 0 aromatic heterocycles. The Labute approximate surface area is 163 Å². The van der Waals surface area contributed by atoms with E-state index in [0.717, 1.165) is 18.8 Å². The Kier molecular flexibility index (Phi) is 6.12. The van der Waals surface area contributed by atoms with E-state index >= 15 is 0 Å². The summed E-state index contributed by atoms with van der Waals surface area (Å²) in [6.07, 6.45) is 1.60. The lowest BCUT2D eigenvalue weighted by molar-refractivity contribution is -0.112. The minimum absolute atomic E-state index is 0.0473. The van der Waals surface area contributed by atoms with Gasteiger partial charge in [-0.15, -0.1) is 0 Å². The number of nitrogens with one attached hydrogen (secondary N) is 1. The fourth-order valence-electron chi connectivity index (χ4n) is 2.95. The highest BCUT2D eigenvalue weighted by atomic mass is 19.1. The Bertz CT molecular complexity index is 880. The molecule has 1 aliphatic heterocycles. The van der Waals surface area contributed by atoms with Crippen LogP contribution in [0.1, 0.15) is 0 Å². The quantitative estimate of drug-likeness (QED) is 0.638. The lowest BCUT2D eigenvalue weighted by Crippen LogP contribution is -2.44. The summed E-state index contributed by atoms with van der Waals surface area (Å²) in [6, 6.07) is 15.3. The van der Waals surface area contributed by atoms with Gasteiger partial charge in [0.2, 0.25) is 0 Å². The summed E-state index contributed by atoms with van der Waals surface area (Å²) in [5.74, 6) is -0.0199. The van der Waals surface area contributed by atoms with Crippen LogP contribution in [0, 0.1) is 17.1 Å². The Morgan fingerprint density at radius 3 is 2.32 bits per heavy atom. The standard InChI is InChI=1S/C21H21FN4O2/c1-28-20-8-4-18(5-9-20)24-21(27)16(14-23)15-25-10-12-26(13-11-25)19-6-2-17(22)3-7-19/h2-9,15H,10-13H2,1H3,(H,24,27)/b16-15+. The van der Waals surface area contributed by atoms with E-state index in [1.54, 1.807) is 49.7 Å². The number of benzene rings is 2. The molecule has 0 spiro atoms. The van der Waals surface area contributed by atoms with E-state index in [2.05, 4.69) is 10.2 Å². The predicted molar refractivity (Wildman–Crippen MR) is 106 cm³/mol. The highest BCUT2D eigenvalue weighted by Crippen LogP contribution is 2.18. The second-order valence-corrected chi connectivity index (χ2v) is 6.34. The SMILES string of the molecule is COc1ccc(NC(=O)/C(C#N)=C/N2CCN(c3ccc(F)cc3)CC2)cc1. The van der Waals surface area contributed by atoms with Gasteiger partial charge in [-0.2, -0.15) is 5.26 Å². The number of rotatable bonds is 5. The number of piperazine rings is 1. The Balaban J connectivity index is 1.59. The average molecular weight is 380 g/mol. The average Bonchev–Trinajstić information content (AvgIpc) is 2.73. The third-order valence-corrected chi connectivity index (χ3v) is 4.53. The van der Waals surface area contributed by atoms with Gasteiger partial charge in [0.25, 0.3) is 5.91 Å². The molecular weight excluding hydrogens is 359 g/mol. The maximum atomic E-state index is 13.1. The highest BCUT2D eigenvalue weighted by Gasteiger charge is 2.18. The number of methoxy groups -OCH3 is 1. The fraction of sp³-hybridized carbons (Fsp3) is 0.238. The minimum atomic E-state index is -0.450. The van der Waals surface area contributed by atoms with Crippen molar-refractivity contribution in [2.24, 2.45) is 0 Å². The van der Waals surface area contributed by atoms with Gasteiger partial charge in [-0.1, -0.05) is 0 Å². The van der Waals surface area contributed by atoms with Crippen molar-refractivity contribution in [2.45, 2.75) is 0 Å². The molecule has 1 N–H and O–H groups in total. The van der Waals surface area contributed by atoms with Gasteiger partial charge in [0.1, 0.15) is 23.2 Å². The normalized spacial score (nSPS) is 14.4. The smallest absolute Gasteiger partial charge is 0.267 e. The summed E-state index contributed by atoms with van der Waals surface area (Å²) in [5.41, 5.74) is 1.60. The van der Waals surface area contributed by atoms with Crippen molar-refractivity contribution in [2.75, 3.05) is 43.5 Å². The maximum absolute atomic E-state index is 13.1. The first-order chi connectivity index (χ1) is 13.6. The lowest BCUT2D eigenvalue weighted by atomic mass is 10.2. The number of hydrogen-bond donors (Lipinski definition) is 1. The zero-order valence-electron chi connectivity index (χ0n) is 15.6. The number of anilines is 2. The van der Waals surface area contributed by atoms with Crippen LogP contribution >= 0.6 is 0 Å². The summed E-state index contributed by atoms with van der Waals surface area (Å²) in [6.45, 7) is 2.78. The fourth-order valence-corrected chi connectivity index (χ4v) is 2.95. The summed E-state index contributed by atoms with van der Waals surface area (Å²) >= 11 is 0. The Morgan fingerprint density at radius 2 is 1.75 bits per heavy atom. The molecule has 1 fully saturated rings. The summed E-state index contributed by atoms with van der Waals surface area (Å²) in [5, 5.41) is 12.1. The van der Waals surface area contributed by atoms with Gasteiger partial charge < -0.3 is 19.9 Å². The summed E-state index contributed by atoms with van der Waals surface area (Å²) in [7, 11) is 1.57. The van der Waals surface area contributed by atoms with E-state index in [-0.39, 0.29) is 11.4 Å². The summed E-state index contributed by atoms with van der Waals surface area (Å²) < 4.78 is 18.1. The molecule has 0 unspecified atom stereocenters. The molecule has 2 aromatic carbocycles. The van der Waals surface area contributed by atoms with Crippen LogP contribution in [0.25, 0.3) is 0 Å². The molecule has 3 rings (SSSR count). The molecule has 2 aromatic rings. The van der Waals surface area contributed by atoms with Gasteiger partial charge in [0.15, 0.2) is 0 Å². The molecule has 0 saturated carbocycles. The number of ether oxygens (including phenoxy) is 1. The van der Waals surface area contributed by atoms with Crippen LogP contribution in [0.3, 0.4) is 0 Å². The molecule has 1 heterocycles. The van der Waals surface area contributed by atoms with E-state index in [1.807, 2.05) is 11.0 Å². The topological polar surface area (TPSA) is 68.6 Å². The molecule has 0 radical (unpaired) electrons. The number of amides is 1. The van der Waals surface area contributed by atoms with Crippen LogP contribution in [-0.2, 0) is 4.79 Å². The van der Waals surface area contributed by atoms with Gasteiger partial charge >= 0.3 is 0 Å². The molecule has 6 nitrogen and oxygen atoms in total. The van der Waals surface area contributed by atoms with Crippen molar-refractivity contribution < 1.29 is 13.9 Å². The third-order valence-electron chi connectivity index (χ3n) is 4.53. The van der Waals surface area contributed by atoms with Crippen molar-refractivity contribution in [3.8, 4) is 11.8 Å². The molecule has 144 valence electrons. The largest absolute Gasteiger partial charge is 0.497 e. The van der Waals surface area contributed by atoms with Crippen molar-refractivity contribution in [3.05, 3.63) is 66.1 Å². The first-order valence-electron chi connectivity index (χ1n) is 8.91. The van der Waals surface area contributed by atoms with Crippen molar-refractivity contribution in [1.29, 1.82) is 5.26 Å². The van der Waals surface area contributed by atoms with Gasteiger partial charge in [0.05, 0.1) is 7.11 Å². The van der Waals surface area contributed by atoms with Gasteiger partial charge in [-0.3, -0.25) is 4.79 Å². The summed E-state index contributed by atoms with van der Waals surface area (Å²) in [4.78, 5) is 16.5. The first kappa shape index (κ1) is 19.2. The van der Waals surface area contributed by atoms with Crippen LogP contribution in [-0.4, -0.2) is 44.1 Å². The van der Waals surface area contributed by atoms with Crippen molar-refractivity contribution >= 4 is 17.3 Å². The molecule has 28 heavy (non-hydrogen) atoms. The first-order valence-corrected chi connectivity index (χ1v) is 8.91. The zero-order chi connectivity index (χ0) is 19.9. The zero-order valence-corrected chi connectivity index (χ0v) is 15.6. The van der Waals surface area contributed by atoms with E-state index in [4.69, 9.17) is 4.74 Å². The number of carbonyl (C=O) groups is 1. The molecule has 1 saturated heterocycles. The number of halogens is 1. The molecule has 0 aliphatic carbocycles. The van der Waals surface area contributed by atoms with E-state index in [9.17, 15) is 14.4 Å². The molecule has 7 heteroatoms. The van der Waals surface area contributed by atoms with Crippen LogP contribution in [0.5, 0.6) is 5.75 Å². The van der Waals surface area contributed by atoms with Crippen molar-refractivity contribution in [3.63, 3.8) is 0 Å². The number of carbonyl (C=O) groups excluding carboxylic acids is 1. The highest BCUT2D eigenvalue weighted by molar-refractivity contribution is 6.06. The van der Waals surface area contributed by atoms with Crippen LogP contribution < -0.4 is 15.0 Å². The van der Waals surface area contributed by atoms with E-state index in [0.29, 0.717) is 24.5 Å². The lowest BCUT2D eigenvalue weighted by Gasteiger charge is -2.35. The predicted octanol–water partition coefficient (Wildman–Crippen LogP) is 3.00. The Hall–Kier alpha value is -3.53. The maximum Gasteiger partial charge on any atom is 0.267 e. The van der Waals surface area contributed by atoms with Crippen LogP contribution in [0.2, 0.25) is 0 Å². The second kappa shape index (κ2) is 8.91. The van der Waals surface area contributed by atoms with Crippen LogP contribution in [0.4, 0.5) is 15.8 Å². The van der Waals surface area contributed by atoms with E-state index < -0.39 is 5.91 Å². The minimum Gasteiger partial charge on any atom is -0.497 e. The molecule has 0 bridgehead atoms. The number of nitrogens with zero attached hydrogens (tertiary/aromatic N) is 3. The van der Waals surface area contributed by atoms with Gasteiger partial charge in [0, 0.05) is 43.8 Å². The van der Waals surface area contributed by atoms with Crippen molar-refractivity contribution in [1.82, 2.24) is 4.90 Å². The van der Waals surface area contributed by atoms with Crippen LogP contribution in [0.15, 0.2) is 60.3 Å².